The second-order valence-corrected chi connectivity index (χ2v) is 7.73. The number of rotatable bonds is 5. The number of amides is 1. The molecular weight excluding hydrogens is 399 g/mol. The van der Waals surface area contributed by atoms with Crippen molar-refractivity contribution in [2.24, 2.45) is 5.14 Å². The van der Waals surface area contributed by atoms with Gasteiger partial charge in [0.05, 0.1) is 20.6 Å². The van der Waals surface area contributed by atoms with E-state index < -0.39 is 28.5 Å². The highest BCUT2D eigenvalue weighted by atomic mass is 35.5. The van der Waals surface area contributed by atoms with Crippen LogP contribution in [0.2, 0.25) is 10.0 Å². The van der Waals surface area contributed by atoms with Crippen LogP contribution in [0.15, 0.2) is 34.5 Å². The van der Waals surface area contributed by atoms with Gasteiger partial charge in [-0.25, -0.2) is 18.4 Å². The number of benzene rings is 1. The third-order valence-electron chi connectivity index (χ3n) is 2.67. The highest BCUT2D eigenvalue weighted by Crippen LogP contribution is 2.33. The van der Waals surface area contributed by atoms with Gasteiger partial charge in [0.2, 0.25) is 10.0 Å². The van der Waals surface area contributed by atoms with Crippen molar-refractivity contribution in [3.8, 4) is 0 Å². The van der Waals surface area contributed by atoms with Crippen molar-refractivity contribution in [3.63, 3.8) is 0 Å². The van der Waals surface area contributed by atoms with Gasteiger partial charge in [0.15, 0.2) is 6.61 Å². The van der Waals surface area contributed by atoms with Crippen LogP contribution in [0.5, 0.6) is 0 Å². The van der Waals surface area contributed by atoms with Crippen LogP contribution in [0.3, 0.4) is 0 Å². The summed E-state index contributed by atoms with van der Waals surface area (Å²) < 4.78 is 27.4. The maximum atomic E-state index is 11.8. The Morgan fingerprint density at radius 2 is 1.88 bits per heavy atom. The van der Waals surface area contributed by atoms with Gasteiger partial charge in [-0.15, -0.1) is 11.3 Å². The molecular formula is C13H10Cl2N2O5S2. The van der Waals surface area contributed by atoms with Crippen LogP contribution in [0.25, 0.3) is 0 Å². The smallest absolute Gasteiger partial charge is 0.348 e. The summed E-state index contributed by atoms with van der Waals surface area (Å²) in [6.45, 7) is -0.555. The number of halogens is 2. The zero-order valence-electron chi connectivity index (χ0n) is 11.8. The summed E-state index contributed by atoms with van der Waals surface area (Å²) in [5, 5.41) is 8.79. The third-order valence-corrected chi connectivity index (χ3v) is 5.00. The molecule has 0 aliphatic heterocycles. The molecule has 3 N–H and O–H groups in total. The van der Waals surface area contributed by atoms with Crippen LogP contribution in [0.4, 0.5) is 5.69 Å². The van der Waals surface area contributed by atoms with Gasteiger partial charge in [0.1, 0.15) is 4.88 Å². The van der Waals surface area contributed by atoms with Gasteiger partial charge >= 0.3 is 5.97 Å². The minimum absolute atomic E-state index is 0.0112. The van der Waals surface area contributed by atoms with Crippen molar-refractivity contribution >= 4 is 62.1 Å². The standard InChI is InChI=1S/C13H10Cl2N2O5S2/c14-8-4-7(24(16,20)21)5-9(15)12(8)17-11(18)6-22-13(19)10-2-1-3-23-10/h1-5H,6H2,(H,17,18)(H2,16,20,21). The lowest BCUT2D eigenvalue weighted by molar-refractivity contribution is -0.119. The molecule has 0 radical (unpaired) electrons. The minimum Gasteiger partial charge on any atom is -0.451 e. The van der Waals surface area contributed by atoms with E-state index in [2.05, 4.69) is 5.32 Å². The fraction of sp³-hybridized carbons (Fsp3) is 0.0769. The predicted octanol–water partition coefficient (Wildman–Crippen LogP) is 2.50. The average Bonchev–Trinajstić information content (AvgIpc) is 3.01. The monoisotopic (exact) mass is 408 g/mol. The molecule has 0 aliphatic rings. The molecule has 0 atom stereocenters. The number of hydrogen-bond acceptors (Lipinski definition) is 6. The number of thiophene rings is 1. The van der Waals surface area contributed by atoms with Crippen molar-refractivity contribution in [3.05, 3.63) is 44.6 Å². The van der Waals surface area contributed by atoms with Crippen LogP contribution in [-0.2, 0) is 19.6 Å². The first-order chi connectivity index (χ1) is 11.2. The lowest BCUT2D eigenvalue weighted by Gasteiger charge is -2.11. The number of carbonyl (C=O) groups excluding carboxylic acids is 2. The van der Waals surface area contributed by atoms with E-state index in [4.69, 9.17) is 33.1 Å². The van der Waals surface area contributed by atoms with Gasteiger partial charge in [0, 0.05) is 0 Å². The zero-order valence-corrected chi connectivity index (χ0v) is 14.9. The van der Waals surface area contributed by atoms with Crippen LogP contribution >= 0.6 is 34.5 Å². The summed E-state index contributed by atoms with van der Waals surface area (Å²) in [6, 6.07) is 5.34. The Kier molecular flexibility index (Phi) is 5.83. The van der Waals surface area contributed by atoms with E-state index in [1.807, 2.05) is 0 Å². The Balaban J connectivity index is 2.05. The van der Waals surface area contributed by atoms with E-state index >= 15 is 0 Å². The summed E-state index contributed by atoms with van der Waals surface area (Å²) >= 11 is 13.0. The van der Waals surface area contributed by atoms with Crippen LogP contribution in [-0.4, -0.2) is 26.9 Å². The Morgan fingerprint density at radius 3 is 2.38 bits per heavy atom. The minimum atomic E-state index is -3.99. The SMILES string of the molecule is NS(=O)(=O)c1cc(Cl)c(NC(=O)COC(=O)c2cccs2)c(Cl)c1. The molecule has 11 heteroatoms. The summed E-state index contributed by atoms with van der Waals surface area (Å²) in [6.07, 6.45) is 0. The van der Waals surface area contributed by atoms with E-state index in [1.54, 1.807) is 17.5 Å². The highest BCUT2D eigenvalue weighted by molar-refractivity contribution is 7.89. The number of ether oxygens (including phenoxy) is 1. The zero-order chi connectivity index (χ0) is 17.9. The van der Waals surface area contributed by atoms with E-state index in [1.165, 1.54) is 11.3 Å². The fourth-order valence-electron chi connectivity index (χ4n) is 1.61. The Hall–Kier alpha value is -1.65. The van der Waals surface area contributed by atoms with Crippen molar-refractivity contribution in [1.29, 1.82) is 0 Å². The fourth-order valence-corrected chi connectivity index (χ4v) is 3.50. The van der Waals surface area contributed by atoms with E-state index in [0.29, 0.717) is 4.88 Å². The number of hydrogen-bond donors (Lipinski definition) is 2. The molecule has 0 fully saturated rings. The molecule has 128 valence electrons. The van der Waals surface area contributed by atoms with E-state index in [9.17, 15) is 18.0 Å². The number of nitrogens with two attached hydrogens (primary N) is 1. The van der Waals surface area contributed by atoms with Gasteiger partial charge < -0.3 is 10.1 Å². The van der Waals surface area contributed by atoms with Gasteiger partial charge in [-0.3, -0.25) is 4.79 Å². The molecule has 0 aliphatic carbocycles. The average molecular weight is 409 g/mol. The topological polar surface area (TPSA) is 116 Å². The van der Waals surface area contributed by atoms with Crippen molar-refractivity contribution in [2.45, 2.75) is 4.90 Å². The second kappa shape index (κ2) is 7.49. The van der Waals surface area contributed by atoms with Crippen LogP contribution < -0.4 is 10.5 Å². The van der Waals surface area contributed by atoms with Crippen molar-refractivity contribution < 1.29 is 22.7 Å². The Labute approximate surface area is 151 Å². The highest BCUT2D eigenvalue weighted by Gasteiger charge is 2.17. The number of anilines is 1. The lowest BCUT2D eigenvalue weighted by atomic mass is 10.3. The predicted molar refractivity (Wildman–Crippen MR) is 91.1 cm³/mol. The van der Waals surface area contributed by atoms with Gasteiger partial charge in [-0.05, 0) is 23.6 Å². The normalized spacial score (nSPS) is 11.1. The maximum Gasteiger partial charge on any atom is 0.348 e. The first-order valence-corrected chi connectivity index (χ1v) is 9.39. The molecule has 2 aromatic rings. The van der Waals surface area contributed by atoms with Crippen molar-refractivity contribution in [2.75, 3.05) is 11.9 Å². The Bertz CT molecular complexity index is 859. The van der Waals surface area contributed by atoms with Crippen LogP contribution in [0.1, 0.15) is 9.67 Å². The lowest BCUT2D eigenvalue weighted by Crippen LogP contribution is -2.21. The first kappa shape index (κ1) is 18.7. The summed E-state index contributed by atoms with van der Waals surface area (Å²) in [7, 11) is -3.99. The van der Waals surface area contributed by atoms with Gasteiger partial charge in [0.25, 0.3) is 5.91 Å². The molecule has 1 amide bonds. The van der Waals surface area contributed by atoms with Gasteiger partial charge in [-0.1, -0.05) is 29.3 Å². The maximum absolute atomic E-state index is 11.8. The van der Waals surface area contributed by atoms with E-state index in [-0.39, 0.29) is 20.6 Å². The molecule has 0 bridgehead atoms. The second-order valence-electron chi connectivity index (χ2n) is 4.41. The molecule has 0 unspecified atom stereocenters. The molecule has 2 rings (SSSR count). The Morgan fingerprint density at radius 1 is 1.25 bits per heavy atom. The third kappa shape index (κ3) is 4.68. The first-order valence-electron chi connectivity index (χ1n) is 6.21. The molecule has 1 aromatic heterocycles. The summed E-state index contributed by atoms with van der Waals surface area (Å²) in [4.78, 5) is 23.5. The van der Waals surface area contributed by atoms with Crippen LogP contribution in [0, 0.1) is 0 Å². The molecule has 24 heavy (non-hydrogen) atoms. The largest absolute Gasteiger partial charge is 0.451 e. The summed E-state index contributed by atoms with van der Waals surface area (Å²) in [5.74, 6) is -1.33. The summed E-state index contributed by atoms with van der Waals surface area (Å²) in [5.41, 5.74) is -0.0112. The number of primary sulfonamides is 1. The molecule has 1 heterocycles. The number of esters is 1. The molecule has 0 spiro atoms. The molecule has 7 nitrogen and oxygen atoms in total. The quantitative estimate of drug-likeness (QED) is 0.737. The molecule has 0 saturated heterocycles. The van der Waals surface area contributed by atoms with Crippen molar-refractivity contribution in [1.82, 2.24) is 0 Å². The number of carbonyl (C=O) groups is 2. The number of nitrogens with one attached hydrogen (secondary N) is 1. The molecule has 1 aromatic carbocycles. The molecule has 0 saturated carbocycles. The number of sulfonamides is 1. The van der Waals surface area contributed by atoms with Gasteiger partial charge in [-0.2, -0.15) is 0 Å². The van der Waals surface area contributed by atoms with E-state index in [0.717, 1.165) is 12.1 Å².